The molecule has 26 heavy (non-hydrogen) atoms. The van der Waals surface area contributed by atoms with Gasteiger partial charge >= 0.3 is 12.0 Å². The molecule has 1 aromatic heterocycles. The van der Waals surface area contributed by atoms with E-state index in [0.717, 1.165) is 4.88 Å². The number of carbonyl (C=O) groups excluding carboxylic acids is 2. The van der Waals surface area contributed by atoms with Gasteiger partial charge in [0.15, 0.2) is 0 Å². The van der Waals surface area contributed by atoms with E-state index in [1.165, 1.54) is 11.3 Å². The zero-order valence-corrected chi connectivity index (χ0v) is 14.8. The standard InChI is InChI=1S/C17H20N4O4S/c18-12-4-1-2-5-13(12)21-16(24)14-8-7-11(26-14)10-20-17(25)19-9-3-6-15(22)23/h1-2,4-5,7-8H,3,6,9-10,18H2,(H,21,24)(H,22,23)(H2,19,20,25). The first kappa shape index (κ1) is 19.3. The molecule has 3 amide bonds. The molecule has 8 nitrogen and oxygen atoms in total. The molecule has 6 N–H and O–H groups in total. The molecular formula is C17H20N4O4S. The molecular weight excluding hydrogens is 356 g/mol. The van der Waals surface area contributed by atoms with Gasteiger partial charge in [-0.3, -0.25) is 9.59 Å². The number of rotatable bonds is 8. The number of carboxylic acid groups (broad SMARTS) is 1. The number of hydrogen-bond donors (Lipinski definition) is 5. The Morgan fingerprint density at radius 2 is 1.85 bits per heavy atom. The fourth-order valence-corrected chi connectivity index (χ4v) is 2.90. The fraction of sp³-hybridized carbons (Fsp3) is 0.235. The number of benzene rings is 1. The first-order chi connectivity index (χ1) is 12.5. The number of carboxylic acids is 1. The van der Waals surface area contributed by atoms with Crippen LogP contribution in [0.2, 0.25) is 0 Å². The van der Waals surface area contributed by atoms with Crippen molar-refractivity contribution in [2.45, 2.75) is 19.4 Å². The van der Waals surface area contributed by atoms with Gasteiger partial charge in [0.25, 0.3) is 5.91 Å². The number of aliphatic carboxylic acids is 1. The summed E-state index contributed by atoms with van der Waals surface area (Å²) in [5.41, 5.74) is 6.83. The highest BCUT2D eigenvalue weighted by Gasteiger charge is 2.11. The Balaban J connectivity index is 1.78. The number of amides is 3. The van der Waals surface area contributed by atoms with Crippen LogP contribution in [-0.4, -0.2) is 29.6 Å². The van der Waals surface area contributed by atoms with E-state index in [9.17, 15) is 14.4 Å². The summed E-state index contributed by atoms with van der Waals surface area (Å²) in [6, 6.07) is 10.1. The van der Waals surface area contributed by atoms with Gasteiger partial charge in [-0.2, -0.15) is 0 Å². The number of nitrogen functional groups attached to an aromatic ring is 1. The molecule has 0 spiro atoms. The molecule has 0 aliphatic carbocycles. The molecule has 138 valence electrons. The summed E-state index contributed by atoms with van der Waals surface area (Å²) >= 11 is 1.27. The normalized spacial score (nSPS) is 10.2. The van der Waals surface area contributed by atoms with Crippen LogP contribution in [0.25, 0.3) is 0 Å². The van der Waals surface area contributed by atoms with Gasteiger partial charge in [0.05, 0.1) is 22.8 Å². The predicted molar refractivity (Wildman–Crippen MR) is 100 cm³/mol. The zero-order chi connectivity index (χ0) is 18.9. The van der Waals surface area contributed by atoms with Crippen LogP contribution in [0.1, 0.15) is 27.4 Å². The van der Waals surface area contributed by atoms with Crippen LogP contribution in [0.5, 0.6) is 0 Å². The van der Waals surface area contributed by atoms with Crippen molar-refractivity contribution in [2.24, 2.45) is 0 Å². The molecule has 9 heteroatoms. The first-order valence-electron chi connectivity index (χ1n) is 7.94. The number of nitrogens with two attached hydrogens (primary N) is 1. The maximum atomic E-state index is 12.2. The van der Waals surface area contributed by atoms with Crippen molar-refractivity contribution in [2.75, 3.05) is 17.6 Å². The van der Waals surface area contributed by atoms with Crippen LogP contribution in [-0.2, 0) is 11.3 Å². The minimum Gasteiger partial charge on any atom is -0.481 e. The lowest BCUT2D eigenvalue weighted by atomic mass is 10.2. The maximum absolute atomic E-state index is 12.2. The Morgan fingerprint density at radius 1 is 1.08 bits per heavy atom. The number of hydrogen-bond acceptors (Lipinski definition) is 5. The summed E-state index contributed by atoms with van der Waals surface area (Å²) in [6.45, 7) is 0.560. The average molecular weight is 376 g/mol. The number of thiophene rings is 1. The topological polar surface area (TPSA) is 134 Å². The number of para-hydroxylation sites is 2. The Kier molecular flexibility index (Phi) is 6.98. The van der Waals surface area contributed by atoms with Gasteiger partial charge in [0, 0.05) is 17.8 Å². The highest BCUT2D eigenvalue weighted by molar-refractivity contribution is 7.14. The van der Waals surface area contributed by atoms with E-state index >= 15 is 0 Å². The highest BCUT2D eigenvalue weighted by Crippen LogP contribution is 2.21. The van der Waals surface area contributed by atoms with Crippen LogP contribution >= 0.6 is 11.3 Å². The molecule has 0 saturated carbocycles. The Labute approximate surface area is 154 Å². The number of anilines is 2. The van der Waals surface area contributed by atoms with Crippen molar-refractivity contribution < 1.29 is 19.5 Å². The van der Waals surface area contributed by atoms with E-state index in [4.69, 9.17) is 10.8 Å². The molecule has 0 atom stereocenters. The number of urea groups is 1. The van der Waals surface area contributed by atoms with Crippen molar-refractivity contribution >= 4 is 40.6 Å². The highest BCUT2D eigenvalue weighted by atomic mass is 32.1. The third-order valence-corrected chi connectivity index (χ3v) is 4.45. The van der Waals surface area contributed by atoms with E-state index in [1.54, 1.807) is 36.4 Å². The van der Waals surface area contributed by atoms with E-state index < -0.39 is 5.97 Å². The number of nitrogens with one attached hydrogen (secondary N) is 3. The summed E-state index contributed by atoms with van der Waals surface area (Å²) in [5.74, 6) is -1.16. The SMILES string of the molecule is Nc1ccccc1NC(=O)c1ccc(CNC(=O)NCCCC(=O)O)s1. The monoisotopic (exact) mass is 376 g/mol. The van der Waals surface area contributed by atoms with E-state index in [-0.39, 0.29) is 31.4 Å². The second-order valence-corrected chi connectivity index (χ2v) is 6.58. The smallest absolute Gasteiger partial charge is 0.315 e. The van der Waals surface area contributed by atoms with Crippen LogP contribution in [0, 0.1) is 0 Å². The Morgan fingerprint density at radius 3 is 2.58 bits per heavy atom. The minimum atomic E-state index is -0.895. The van der Waals surface area contributed by atoms with Crippen molar-refractivity contribution in [3.8, 4) is 0 Å². The molecule has 0 saturated heterocycles. The molecule has 2 aromatic rings. The maximum Gasteiger partial charge on any atom is 0.315 e. The van der Waals surface area contributed by atoms with Crippen LogP contribution < -0.4 is 21.7 Å². The van der Waals surface area contributed by atoms with Gasteiger partial charge in [-0.1, -0.05) is 12.1 Å². The Hall–Kier alpha value is -3.07. The second kappa shape index (κ2) is 9.42. The van der Waals surface area contributed by atoms with Gasteiger partial charge in [-0.15, -0.1) is 11.3 Å². The van der Waals surface area contributed by atoms with Gasteiger partial charge in [-0.05, 0) is 30.7 Å². The largest absolute Gasteiger partial charge is 0.481 e. The van der Waals surface area contributed by atoms with Gasteiger partial charge in [0.1, 0.15) is 0 Å². The van der Waals surface area contributed by atoms with E-state index in [1.807, 2.05) is 0 Å². The molecule has 0 unspecified atom stereocenters. The lowest BCUT2D eigenvalue weighted by molar-refractivity contribution is -0.137. The van der Waals surface area contributed by atoms with Crippen molar-refractivity contribution in [3.05, 3.63) is 46.2 Å². The van der Waals surface area contributed by atoms with Crippen LogP contribution in [0.4, 0.5) is 16.2 Å². The molecule has 0 aliphatic rings. The molecule has 0 fully saturated rings. The van der Waals surface area contributed by atoms with Crippen LogP contribution in [0.3, 0.4) is 0 Å². The fourth-order valence-electron chi connectivity index (χ4n) is 2.06. The average Bonchev–Trinajstić information content (AvgIpc) is 3.08. The van der Waals surface area contributed by atoms with E-state index in [0.29, 0.717) is 22.7 Å². The minimum absolute atomic E-state index is 0.00953. The van der Waals surface area contributed by atoms with Crippen molar-refractivity contribution in [3.63, 3.8) is 0 Å². The van der Waals surface area contributed by atoms with Crippen LogP contribution in [0.15, 0.2) is 36.4 Å². The molecule has 2 rings (SSSR count). The molecule has 1 heterocycles. The number of carbonyl (C=O) groups is 3. The summed E-state index contributed by atoms with van der Waals surface area (Å²) in [6.07, 6.45) is 0.379. The summed E-state index contributed by atoms with van der Waals surface area (Å²) in [5, 5.41) is 16.5. The third kappa shape index (κ3) is 6.10. The lowest BCUT2D eigenvalue weighted by Gasteiger charge is -2.06. The Bertz CT molecular complexity index is 791. The van der Waals surface area contributed by atoms with Gasteiger partial charge in [-0.25, -0.2) is 4.79 Å². The summed E-state index contributed by atoms with van der Waals surface area (Å²) in [7, 11) is 0. The van der Waals surface area contributed by atoms with Crippen molar-refractivity contribution in [1.82, 2.24) is 10.6 Å². The summed E-state index contributed by atoms with van der Waals surface area (Å²) < 4.78 is 0. The quantitative estimate of drug-likeness (QED) is 0.356. The molecule has 1 aromatic carbocycles. The van der Waals surface area contributed by atoms with E-state index in [2.05, 4.69) is 16.0 Å². The molecule has 0 bridgehead atoms. The first-order valence-corrected chi connectivity index (χ1v) is 8.75. The second-order valence-electron chi connectivity index (χ2n) is 5.41. The lowest BCUT2D eigenvalue weighted by Crippen LogP contribution is -2.35. The van der Waals surface area contributed by atoms with Crippen molar-refractivity contribution in [1.29, 1.82) is 0 Å². The molecule has 0 radical (unpaired) electrons. The summed E-state index contributed by atoms with van der Waals surface area (Å²) in [4.78, 5) is 35.6. The zero-order valence-electron chi connectivity index (χ0n) is 14.0. The molecule has 0 aliphatic heterocycles. The predicted octanol–water partition coefficient (Wildman–Crippen LogP) is 2.25. The third-order valence-electron chi connectivity index (χ3n) is 3.37. The van der Waals surface area contributed by atoms with Gasteiger partial charge < -0.3 is 26.8 Å². The van der Waals surface area contributed by atoms with Gasteiger partial charge in [0.2, 0.25) is 0 Å².